The largest absolute Gasteiger partial charge is 0.328 e. The molecule has 0 saturated heterocycles. The highest BCUT2D eigenvalue weighted by molar-refractivity contribution is 9.09. The van der Waals surface area contributed by atoms with E-state index >= 15 is 0 Å². The molecular formula is C7H16BrN. The lowest BCUT2D eigenvalue weighted by atomic mass is 9.89. The van der Waals surface area contributed by atoms with Gasteiger partial charge in [0.25, 0.3) is 0 Å². The van der Waals surface area contributed by atoms with E-state index < -0.39 is 0 Å². The summed E-state index contributed by atoms with van der Waals surface area (Å²) in [7, 11) is 0. The van der Waals surface area contributed by atoms with E-state index in [1.165, 1.54) is 0 Å². The van der Waals surface area contributed by atoms with Crippen molar-refractivity contribution in [2.75, 3.05) is 5.33 Å². The summed E-state index contributed by atoms with van der Waals surface area (Å²) in [4.78, 5) is 0. The van der Waals surface area contributed by atoms with Crippen LogP contribution in [0.25, 0.3) is 0 Å². The van der Waals surface area contributed by atoms with Crippen molar-refractivity contribution in [3.05, 3.63) is 0 Å². The average molecular weight is 194 g/mol. The highest BCUT2D eigenvalue weighted by atomic mass is 79.9. The summed E-state index contributed by atoms with van der Waals surface area (Å²) in [6.45, 7) is 6.47. The molecule has 0 amide bonds. The van der Waals surface area contributed by atoms with Gasteiger partial charge in [-0.15, -0.1) is 0 Å². The molecule has 1 unspecified atom stereocenters. The van der Waals surface area contributed by atoms with E-state index in [-0.39, 0.29) is 0 Å². The SMILES string of the molecule is CC(N)CC(C)(C)CBr. The van der Waals surface area contributed by atoms with Crippen LogP contribution in [-0.4, -0.2) is 11.4 Å². The number of nitrogens with two attached hydrogens (primary N) is 1. The van der Waals surface area contributed by atoms with E-state index in [2.05, 4.69) is 29.8 Å². The zero-order valence-electron chi connectivity index (χ0n) is 6.45. The van der Waals surface area contributed by atoms with Crippen LogP contribution in [0.5, 0.6) is 0 Å². The van der Waals surface area contributed by atoms with E-state index in [0.29, 0.717) is 11.5 Å². The van der Waals surface area contributed by atoms with Crippen molar-refractivity contribution in [3.63, 3.8) is 0 Å². The van der Waals surface area contributed by atoms with E-state index in [0.717, 1.165) is 11.8 Å². The lowest BCUT2D eigenvalue weighted by Gasteiger charge is -2.23. The van der Waals surface area contributed by atoms with Crippen LogP contribution in [0.4, 0.5) is 0 Å². The van der Waals surface area contributed by atoms with Gasteiger partial charge in [0.1, 0.15) is 0 Å². The number of halogens is 1. The van der Waals surface area contributed by atoms with Gasteiger partial charge in [0, 0.05) is 11.4 Å². The molecule has 0 aromatic heterocycles. The molecule has 0 aliphatic heterocycles. The highest BCUT2D eigenvalue weighted by Gasteiger charge is 2.17. The van der Waals surface area contributed by atoms with Crippen LogP contribution in [-0.2, 0) is 0 Å². The fourth-order valence-electron chi connectivity index (χ4n) is 0.926. The first-order chi connectivity index (χ1) is 3.98. The Bertz CT molecular complexity index is 79.0. The van der Waals surface area contributed by atoms with Gasteiger partial charge in [0.2, 0.25) is 0 Å². The van der Waals surface area contributed by atoms with Crippen LogP contribution in [0, 0.1) is 5.41 Å². The number of alkyl halides is 1. The maximum atomic E-state index is 5.63. The van der Waals surface area contributed by atoms with E-state index in [1.54, 1.807) is 0 Å². The summed E-state index contributed by atoms with van der Waals surface area (Å²) in [6, 6.07) is 0.317. The van der Waals surface area contributed by atoms with E-state index in [9.17, 15) is 0 Å². The van der Waals surface area contributed by atoms with Crippen LogP contribution >= 0.6 is 15.9 Å². The Morgan fingerprint density at radius 1 is 1.56 bits per heavy atom. The van der Waals surface area contributed by atoms with Crippen molar-refractivity contribution in [2.24, 2.45) is 11.1 Å². The van der Waals surface area contributed by atoms with Crippen LogP contribution in [0.15, 0.2) is 0 Å². The van der Waals surface area contributed by atoms with Gasteiger partial charge in [0.15, 0.2) is 0 Å². The van der Waals surface area contributed by atoms with Crippen LogP contribution in [0.1, 0.15) is 27.2 Å². The topological polar surface area (TPSA) is 26.0 Å². The minimum atomic E-state index is 0.317. The summed E-state index contributed by atoms with van der Waals surface area (Å²) in [5.74, 6) is 0. The van der Waals surface area contributed by atoms with Crippen molar-refractivity contribution in [1.29, 1.82) is 0 Å². The first-order valence-corrected chi connectivity index (χ1v) is 4.41. The molecule has 2 N–H and O–H groups in total. The Hall–Kier alpha value is 0.440. The summed E-state index contributed by atoms with van der Waals surface area (Å²) < 4.78 is 0. The van der Waals surface area contributed by atoms with Gasteiger partial charge in [-0.3, -0.25) is 0 Å². The van der Waals surface area contributed by atoms with Crippen molar-refractivity contribution < 1.29 is 0 Å². The number of hydrogen-bond acceptors (Lipinski definition) is 1. The Balaban J connectivity index is 3.58. The molecule has 0 spiro atoms. The van der Waals surface area contributed by atoms with Crippen molar-refractivity contribution >= 4 is 15.9 Å². The smallest absolute Gasteiger partial charge is 0.00832 e. The van der Waals surface area contributed by atoms with Gasteiger partial charge in [-0.05, 0) is 18.8 Å². The van der Waals surface area contributed by atoms with Gasteiger partial charge in [-0.1, -0.05) is 29.8 Å². The molecule has 2 heteroatoms. The van der Waals surface area contributed by atoms with Crippen LogP contribution in [0.2, 0.25) is 0 Å². The third-order valence-electron chi connectivity index (χ3n) is 1.24. The maximum absolute atomic E-state index is 5.63. The molecule has 1 atom stereocenters. The van der Waals surface area contributed by atoms with Crippen molar-refractivity contribution in [2.45, 2.75) is 33.2 Å². The lowest BCUT2D eigenvalue weighted by molar-refractivity contribution is 0.360. The van der Waals surface area contributed by atoms with Crippen molar-refractivity contribution in [1.82, 2.24) is 0 Å². The molecule has 0 radical (unpaired) electrons. The summed E-state index contributed by atoms with van der Waals surface area (Å²) in [5.41, 5.74) is 5.99. The molecule has 0 fully saturated rings. The molecule has 0 bridgehead atoms. The normalized spacial score (nSPS) is 15.7. The highest BCUT2D eigenvalue weighted by Crippen LogP contribution is 2.23. The molecule has 1 nitrogen and oxygen atoms in total. The molecule has 0 rings (SSSR count). The third-order valence-corrected chi connectivity index (χ3v) is 2.75. The van der Waals surface area contributed by atoms with Gasteiger partial charge in [0.05, 0.1) is 0 Å². The van der Waals surface area contributed by atoms with E-state index in [4.69, 9.17) is 5.73 Å². The van der Waals surface area contributed by atoms with Crippen LogP contribution < -0.4 is 5.73 Å². The summed E-state index contributed by atoms with van der Waals surface area (Å²) in [5, 5.41) is 1.03. The Morgan fingerprint density at radius 3 is 2.11 bits per heavy atom. The minimum Gasteiger partial charge on any atom is -0.328 e. The predicted molar refractivity (Wildman–Crippen MR) is 45.8 cm³/mol. The molecule has 56 valence electrons. The van der Waals surface area contributed by atoms with Crippen molar-refractivity contribution in [3.8, 4) is 0 Å². The molecule has 0 aliphatic carbocycles. The molecule has 0 heterocycles. The summed E-state index contributed by atoms with van der Waals surface area (Å²) in [6.07, 6.45) is 1.08. The zero-order chi connectivity index (χ0) is 7.49. The Morgan fingerprint density at radius 2 is 2.00 bits per heavy atom. The Kier molecular flexibility index (Phi) is 3.74. The quantitative estimate of drug-likeness (QED) is 0.684. The van der Waals surface area contributed by atoms with Gasteiger partial charge in [-0.2, -0.15) is 0 Å². The average Bonchev–Trinajstić information content (AvgIpc) is 1.63. The number of rotatable bonds is 3. The molecular weight excluding hydrogens is 178 g/mol. The molecule has 0 aromatic carbocycles. The lowest BCUT2D eigenvalue weighted by Crippen LogP contribution is -2.25. The van der Waals surface area contributed by atoms with Gasteiger partial charge in [-0.25, -0.2) is 0 Å². The third kappa shape index (κ3) is 4.91. The monoisotopic (exact) mass is 193 g/mol. The molecule has 0 aliphatic rings. The van der Waals surface area contributed by atoms with Gasteiger partial charge >= 0.3 is 0 Å². The first-order valence-electron chi connectivity index (χ1n) is 3.29. The van der Waals surface area contributed by atoms with Gasteiger partial charge < -0.3 is 5.73 Å². The molecule has 0 saturated carbocycles. The second-order valence-electron chi connectivity index (χ2n) is 3.48. The predicted octanol–water partition coefficient (Wildman–Crippen LogP) is 2.14. The zero-order valence-corrected chi connectivity index (χ0v) is 8.03. The fourth-order valence-corrected chi connectivity index (χ4v) is 1.16. The summed E-state index contributed by atoms with van der Waals surface area (Å²) >= 11 is 3.44. The fraction of sp³-hybridized carbons (Fsp3) is 1.00. The maximum Gasteiger partial charge on any atom is 0.00832 e. The number of hydrogen-bond donors (Lipinski definition) is 1. The second-order valence-corrected chi connectivity index (χ2v) is 4.04. The van der Waals surface area contributed by atoms with Crippen LogP contribution in [0.3, 0.4) is 0 Å². The minimum absolute atomic E-state index is 0.317. The molecule has 9 heavy (non-hydrogen) atoms. The second kappa shape index (κ2) is 3.57. The first kappa shape index (κ1) is 9.44. The van der Waals surface area contributed by atoms with E-state index in [1.807, 2.05) is 6.92 Å². The molecule has 0 aromatic rings. The Labute approximate surface area is 66.1 Å². The standard InChI is InChI=1S/C7H16BrN/c1-6(9)4-7(2,3)5-8/h6H,4-5,9H2,1-3H3.